The molecule has 2 aliphatic rings. The second-order valence-corrected chi connectivity index (χ2v) is 11.2. The van der Waals surface area contributed by atoms with Gasteiger partial charge in [0.2, 0.25) is 0 Å². The summed E-state index contributed by atoms with van der Waals surface area (Å²) in [5.74, 6) is 2.13. The Bertz CT molecular complexity index is 1290. The average molecular weight is 558 g/mol. The minimum atomic E-state index is -1.01. The minimum absolute atomic E-state index is 0.179. The number of benzene rings is 1. The number of hydrogen-bond acceptors (Lipinski definition) is 8. The summed E-state index contributed by atoms with van der Waals surface area (Å²) in [6, 6.07) is 5.45. The molecule has 1 saturated carbocycles. The van der Waals surface area contributed by atoms with E-state index in [9.17, 15) is 5.11 Å². The van der Waals surface area contributed by atoms with Crippen molar-refractivity contribution in [3.8, 4) is 28.4 Å². The fourth-order valence-electron chi connectivity index (χ4n) is 5.25. The first-order valence-electron chi connectivity index (χ1n) is 13.8. The van der Waals surface area contributed by atoms with Crippen LogP contribution in [-0.2, 0) is 0 Å². The van der Waals surface area contributed by atoms with Gasteiger partial charge in [-0.15, -0.1) is 0 Å². The van der Waals surface area contributed by atoms with Crippen LogP contribution < -0.4 is 10.1 Å². The van der Waals surface area contributed by atoms with Crippen LogP contribution in [0.15, 0.2) is 22.7 Å². The molecule has 3 atom stereocenters. The summed E-state index contributed by atoms with van der Waals surface area (Å²) in [5.41, 5.74) is 3.52. The number of piperidine rings is 1. The molecule has 2 N–H and O–H groups in total. The van der Waals surface area contributed by atoms with Crippen LogP contribution in [0.2, 0.25) is 5.02 Å². The van der Waals surface area contributed by atoms with Gasteiger partial charge in [-0.05, 0) is 64.7 Å². The lowest BCUT2D eigenvalue weighted by Gasteiger charge is -2.35. The molecule has 1 saturated heterocycles. The molecule has 0 amide bonds. The first kappa shape index (κ1) is 27.8. The minimum Gasteiger partial charge on any atom is -0.491 e. The Hall–Kier alpha value is -2.75. The van der Waals surface area contributed by atoms with E-state index in [0.29, 0.717) is 70.6 Å². The summed E-state index contributed by atoms with van der Waals surface area (Å²) >= 11 is 6.64. The van der Waals surface area contributed by atoms with Crippen LogP contribution in [-0.4, -0.2) is 69.2 Å². The van der Waals surface area contributed by atoms with Crippen molar-refractivity contribution in [3.05, 3.63) is 40.2 Å². The lowest BCUT2D eigenvalue weighted by Crippen LogP contribution is -2.48. The summed E-state index contributed by atoms with van der Waals surface area (Å²) in [6.07, 6.45) is 3.00. The van der Waals surface area contributed by atoms with Gasteiger partial charge in [0, 0.05) is 30.3 Å². The second-order valence-electron chi connectivity index (χ2n) is 10.7. The highest BCUT2D eigenvalue weighted by Gasteiger charge is 2.37. The normalized spacial score (nSPS) is 20.7. The standard InChI is InChI=1S/C29H37ClFN5O3/c1-5-6-20(37)15-38-21-9-10-23(30)22(13-21)29-33-27(26-17(3)35-39-18(26)4)16(2)28(34-29)32-25-11-12-36(14-24(25)31)19-7-8-19/h9-10,13,19-20,24-25,37H,5-8,11-12,14-15H2,1-4H3,(H,32,33,34)/t20-,24-,25+/m1/s1. The summed E-state index contributed by atoms with van der Waals surface area (Å²) in [6.45, 7) is 9.14. The maximum absolute atomic E-state index is 15.3. The van der Waals surface area contributed by atoms with Gasteiger partial charge in [-0.2, -0.15) is 0 Å². The largest absolute Gasteiger partial charge is 0.491 e. The lowest BCUT2D eigenvalue weighted by atomic mass is 10.0. The number of aliphatic hydroxyl groups is 1. The molecule has 1 aliphatic heterocycles. The number of hydrogen-bond donors (Lipinski definition) is 2. The van der Waals surface area contributed by atoms with Gasteiger partial charge in [0.1, 0.15) is 30.1 Å². The predicted molar refractivity (Wildman–Crippen MR) is 150 cm³/mol. The molecule has 2 fully saturated rings. The molecule has 5 rings (SSSR count). The van der Waals surface area contributed by atoms with Gasteiger partial charge in [-0.25, -0.2) is 14.4 Å². The van der Waals surface area contributed by atoms with Crippen LogP contribution >= 0.6 is 11.6 Å². The Labute approximate surface area is 233 Å². The molecule has 3 heterocycles. The first-order chi connectivity index (χ1) is 18.7. The molecule has 2 aromatic heterocycles. The Morgan fingerprint density at radius 3 is 2.69 bits per heavy atom. The summed E-state index contributed by atoms with van der Waals surface area (Å²) < 4.78 is 26.6. The Kier molecular flexibility index (Phi) is 8.40. The van der Waals surface area contributed by atoms with Gasteiger partial charge in [-0.1, -0.05) is 30.1 Å². The fraction of sp³-hybridized carbons (Fsp3) is 0.552. The van der Waals surface area contributed by atoms with E-state index in [-0.39, 0.29) is 12.6 Å². The third-order valence-electron chi connectivity index (χ3n) is 7.62. The van der Waals surface area contributed by atoms with E-state index in [2.05, 4.69) is 15.4 Å². The smallest absolute Gasteiger partial charge is 0.163 e. The number of anilines is 1. The van der Waals surface area contributed by atoms with E-state index >= 15 is 4.39 Å². The van der Waals surface area contributed by atoms with Crippen molar-refractivity contribution >= 4 is 17.4 Å². The third-order valence-corrected chi connectivity index (χ3v) is 7.95. The van der Waals surface area contributed by atoms with Crippen LogP contribution in [0.3, 0.4) is 0 Å². The number of halogens is 2. The van der Waals surface area contributed by atoms with E-state index in [1.54, 1.807) is 18.2 Å². The molecule has 39 heavy (non-hydrogen) atoms. The van der Waals surface area contributed by atoms with Crippen LogP contribution in [0.1, 0.15) is 56.0 Å². The van der Waals surface area contributed by atoms with E-state index < -0.39 is 12.3 Å². The number of aryl methyl sites for hydroxylation is 2. The van der Waals surface area contributed by atoms with Gasteiger partial charge in [-0.3, -0.25) is 4.90 Å². The van der Waals surface area contributed by atoms with E-state index in [0.717, 1.165) is 24.1 Å². The maximum Gasteiger partial charge on any atom is 0.163 e. The van der Waals surface area contributed by atoms with Gasteiger partial charge < -0.3 is 19.7 Å². The molecule has 10 heteroatoms. The number of ether oxygens (including phenoxy) is 1. The highest BCUT2D eigenvalue weighted by atomic mass is 35.5. The van der Waals surface area contributed by atoms with Crippen LogP contribution in [0.25, 0.3) is 22.6 Å². The maximum atomic E-state index is 15.3. The Balaban J connectivity index is 1.50. The van der Waals surface area contributed by atoms with Gasteiger partial charge >= 0.3 is 0 Å². The van der Waals surface area contributed by atoms with Crippen molar-refractivity contribution in [1.29, 1.82) is 0 Å². The molecule has 0 bridgehead atoms. The van der Waals surface area contributed by atoms with Crippen molar-refractivity contribution in [1.82, 2.24) is 20.0 Å². The van der Waals surface area contributed by atoms with E-state index in [1.165, 1.54) is 12.8 Å². The molecule has 3 aromatic rings. The van der Waals surface area contributed by atoms with Crippen molar-refractivity contribution in [3.63, 3.8) is 0 Å². The van der Waals surface area contributed by atoms with E-state index in [1.807, 2.05) is 27.7 Å². The van der Waals surface area contributed by atoms with E-state index in [4.69, 9.17) is 30.8 Å². The zero-order valence-electron chi connectivity index (χ0n) is 23.0. The third kappa shape index (κ3) is 6.21. The molecular weight excluding hydrogens is 521 g/mol. The SMILES string of the molecule is CCC[C@@H](O)COc1ccc(Cl)c(-c2nc(N[C@H]3CCN(C4CC4)C[C@H]3F)c(C)c(-c3c(C)noc3C)n2)c1. The fourth-order valence-corrected chi connectivity index (χ4v) is 5.46. The zero-order valence-corrected chi connectivity index (χ0v) is 23.8. The van der Waals surface area contributed by atoms with Crippen molar-refractivity contribution in [2.45, 2.75) is 84.2 Å². The molecule has 0 spiro atoms. The van der Waals surface area contributed by atoms with Gasteiger partial charge in [0.05, 0.1) is 34.1 Å². The summed E-state index contributed by atoms with van der Waals surface area (Å²) in [5, 5.41) is 18.1. The van der Waals surface area contributed by atoms with Crippen LogP contribution in [0.4, 0.5) is 10.2 Å². The summed E-state index contributed by atoms with van der Waals surface area (Å²) in [4.78, 5) is 12.0. The highest BCUT2D eigenvalue weighted by molar-refractivity contribution is 6.33. The van der Waals surface area contributed by atoms with Crippen LogP contribution in [0.5, 0.6) is 5.75 Å². The molecular formula is C29H37ClFN5O3. The highest BCUT2D eigenvalue weighted by Crippen LogP contribution is 2.37. The molecule has 1 aliphatic carbocycles. The molecule has 0 unspecified atom stereocenters. The second kappa shape index (κ2) is 11.8. The topological polar surface area (TPSA) is 96.5 Å². The molecule has 1 aromatic carbocycles. The molecule has 8 nitrogen and oxygen atoms in total. The zero-order chi connectivity index (χ0) is 27.7. The van der Waals surface area contributed by atoms with Gasteiger partial charge in [0.15, 0.2) is 5.82 Å². The molecule has 210 valence electrons. The Morgan fingerprint density at radius 2 is 2.03 bits per heavy atom. The quantitative estimate of drug-likeness (QED) is 0.318. The summed E-state index contributed by atoms with van der Waals surface area (Å²) in [7, 11) is 0. The van der Waals surface area contributed by atoms with Crippen molar-refractivity contribution in [2.75, 3.05) is 25.0 Å². The Morgan fingerprint density at radius 1 is 1.23 bits per heavy atom. The number of likely N-dealkylation sites (tertiary alicyclic amines) is 1. The number of nitrogens with zero attached hydrogens (tertiary/aromatic N) is 4. The van der Waals surface area contributed by atoms with Gasteiger partial charge in [0.25, 0.3) is 0 Å². The monoisotopic (exact) mass is 557 g/mol. The number of alkyl halides is 1. The van der Waals surface area contributed by atoms with Crippen LogP contribution in [0, 0.1) is 20.8 Å². The van der Waals surface area contributed by atoms with Crippen molar-refractivity contribution in [2.24, 2.45) is 0 Å². The number of aromatic nitrogens is 3. The lowest BCUT2D eigenvalue weighted by molar-refractivity contribution is 0.0994. The number of rotatable bonds is 10. The first-order valence-corrected chi connectivity index (χ1v) is 14.2. The molecule has 0 radical (unpaired) electrons. The number of nitrogens with one attached hydrogen (secondary N) is 1. The van der Waals surface area contributed by atoms with Crippen molar-refractivity contribution < 1.29 is 18.8 Å². The number of aliphatic hydroxyl groups excluding tert-OH is 1. The predicted octanol–water partition coefficient (Wildman–Crippen LogP) is 5.90. The average Bonchev–Trinajstić information content (AvgIpc) is 3.71.